The van der Waals surface area contributed by atoms with Gasteiger partial charge in [0.15, 0.2) is 0 Å². The Labute approximate surface area is 406 Å². The van der Waals surface area contributed by atoms with Gasteiger partial charge < -0.3 is 17.1 Å². The van der Waals surface area contributed by atoms with Crippen LogP contribution < -0.4 is 31.8 Å². The fraction of sp³-hybridized carbons (Fsp3) is 0.0351. The molecule has 314 valence electrons. The molecule has 0 N–H and O–H groups in total. The molecule has 2 fully saturated rings. The standard InChI is InChI=1S/2C18H15P.C9H9O2.C7H4.C5H5.Fe.Pt/c2*1-4-10-16(11-5-1)19(17-12-6-2-7-13-17)18-14-8-3-9-15-18;1-2-11-9(10)8-6-4-3-5-7-8;1-2-7-5-3-4-6-7;1-2-4-5-3-1;;/h2*1-15H;4-7H,2H2,1H3;3-6H;1-5H;;/q;;2*-1;;2*+2. The van der Waals surface area contributed by atoms with Crippen molar-refractivity contribution >= 4 is 53.6 Å². The number of hydrogen-bond donors (Lipinski definition) is 0. The Morgan fingerprint density at radius 2 is 0.746 bits per heavy atom. The molecule has 6 heteroatoms. The van der Waals surface area contributed by atoms with Gasteiger partial charge in [-0.1, -0.05) is 182 Å². The molecule has 10 radical (unpaired) electrons. The van der Waals surface area contributed by atoms with Crippen LogP contribution >= 0.6 is 15.8 Å². The fourth-order valence-electron chi connectivity index (χ4n) is 5.87. The zero-order chi connectivity index (χ0) is 42.6. The Hall–Kier alpha value is -4.36. The molecule has 0 unspecified atom stereocenters. The van der Waals surface area contributed by atoms with Crippen molar-refractivity contribution in [1.82, 2.24) is 0 Å². The van der Waals surface area contributed by atoms with E-state index in [1.807, 2.05) is 57.8 Å². The number of carbonyl (C=O) groups excluding carboxylic acids is 1. The van der Waals surface area contributed by atoms with E-state index in [0.717, 1.165) is 5.92 Å². The number of rotatable bonds is 8. The van der Waals surface area contributed by atoms with Gasteiger partial charge in [0.05, 0.1) is 6.61 Å². The fourth-order valence-corrected chi connectivity index (χ4v) is 10.5. The van der Waals surface area contributed by atoms with Gasteiger partial charge in [-0.25, -0.2) is 4.79 Å². The van der Waals surface area contributed by atoms with Crippen molar-refractivity contribution in [2.75, 3.05) is 6.61 Å². The van der Waals surface area contributed by atoms with Gasteiger partial charge in [0.1, 0.15) is 0 Å². The summed E-state index contributed by atoms with van der Waals surface area (Å²) in [4.78, 5) is 11.0. The van der Waals surface area contributed by atoms with Crippen LogP contribution in [0.2, 0.25) is 0 Å². The molecule has 0 atom stereocenters. The summed E-state index contributed by atoms with van der Waals surface area (Å²) < 4.78 is 4.78. The summed E-state index contributed by atoms with van der Waals surface area (Å²) in [5.74, 6) is 2.83. The number of benzene rings is 7. The normalized spacial score (nSPS) is 12.3. The molecular weight excluding hydrogens is 1030 g/mol. The second-order valence-corrected chi connectivity index (χ2v) is 17.4. The molecule has 7 aromatic rings. The first kappa shape index (κ1) is 53.0. The maximum absolute atomic E-state index is 11.0. The summed E-state index contributed by atoms with van der Waals surface area (Å²) in [6.07, 6.45) is 24.1. The molecule has 2 aliphatic carbocycles. The van der Waals surface area contributed by atoms with Gasteiger partial charge >= 0.3 is 44.1 Å². The van der Waals surface area contributed by atoms with E-state index in [2.05, 4.69) is 194 Å². The van der Waals surface area contributed by atoms with Crippen molar-refractivity contribution in [3.8, 4) is 5.92 Å². The van der Waals surface area contributed by atoms with E-state index in [1.165, 1.54) is 31.8 Å². The van der Waals surface area contributed by atoms with Crippen molar-refractivity contribution in [1.29, 1.82) is 0 Å². The summed E-state index contributed by atoms with van der Waals surface area (Å²) in [6.45, 7) is 2.20. The van der Waals surface area contributed by atoms with Crippen LogP contribution in [0, 0.1) is 82.1 Å². The molecule has 0 spiro atoms. The van der Waals surface area contributed by atoms with Crippen LogP contribution in [-0.2, 0) is 42.9 Å². The van der Waals surface area contributed by atoms with Crippen LogP contribution in [0.5, 0.6) is 0 Å². The van der Waals surface area contributed by atoms with Gasteiger partial charge in [0.25, 0.3) is 0 Å². The van der Waals surface area contributed by atoms with Crippen LogP contribution in [-0.4, -0.2) is 12.6 Å². The van der Waals surface area contributed by atoms with Gasteiger partial charge in [-0.2, -0.15) is 30.3 Å². The Morgan fingerprint density at radius 3 is 0.968 bits per heavy atom. The minimum atomic E-state index is -0.446. The van der Waals surface area contributed by atoms with Crippen LogP contribution in [0.4, 0.5) is 0 Å². The molecule has 2 aliphatic rings. The SMILES string of the molecule is CCOC(=O)c1cc[c-]cc1.[C-]#C[C]1[CH][CH][CH][CH]1.[CH]1[CH][CH][CH][CH]1.[Fe+2].[Pt+2].c1ccc(P(c2ccccc2)c2ccccc2)cc1.c1ccc(P(c2ccccc2)c2ccccc2)cc1. The van der Waals surface area contributed by atoms with Crippen molar-refractivity contribution in [2.24, 2.45) is 0 Å². The molecular formula is C57H48FeO2P2Pt+2. The van der Waals surface area contributed by atoms with E-state index in [0.29, 0.717) is 12.2 Å². The minimum absolute atomic E-state index is 0. The van der Waals surface area contributed by atoms with E-state index in [9.17, 15) is 4.79 Å². The van der Waals surface area contributed by atoms with Crippen molar-refractivity contribution < 1.29 is 47.7 Å². The van der Waals surface area contributed by atoms with Gasteiger partial charge in [-0.05, 0) is 118 Å². The maximum atomic E-state index is 11.0. The molecule has 0 bridgehead atoms. The quantitative estimate of drug-likeness (QED) is 0.0499. The zero-order valence-corrected chi connectivity index (χ0v) is 40.1. The number of carbonyl (C=O) groups is 1. The predicted molar refractivity (Wildman–Crippen MR) is 261 cm³/mol. The molecule has 0 amide bonds. The zero-order valence-electron chi connectivity index (χ0n) is 34.9. The van der Waals surface area contributed by atoms with E-state index < -0.39 is 15.8 Å². The summed E-state index contributed by atoms with van der Waals surface area (Å²) in [5, 5.41) is 8.39. The van der Waals surface area contributed by atoms with E-state index in [1.54, 1.807) is 31.2 Å². The van der Waals surface area contributed by atoms with Crippen LogP contribution in [0.25, 0.3) is 0 Å². The van der Waals surface area contributed by atoms with E-state index in [4.69, 9.17) is 11.2 Å². The molecule has 0 aromatic heterocycles. The van der Waals surface area contributed by atoms with Crippen molar-refractivity contribution in [2.45, 2.75) is 6.92 Å². The van der Waals surface area contributed by atoms with Crippen molar-refractivity contribution in [3.63, 3.8) is 0 Å². The smallest absolute Gasteiger partial charge is 0.693 e. The molecule has 0 aliphatic heterocycles. The van der Waals surface area contributed by atoms with Crippen molar-refractivity contribution in [3.05, 3.63) is 288 Å². The topological polar surface area (TPSA) is 26.3 Å². The molecule has 9 rings (SSSR count). The van der Waals surface area contributed by atoms with Crippen LogP contribution in [0.1, 0.15) is 17.3 Å². The third-order valence-electron chi connectivity index (χ3n) is 8.68. The predicted octanol–water partition coefficient (Wildman–Crippen LogP) is 10.6. The largest absolute Gasteiger partial charge is 2.00 e. The summed E-state index contributed by atoms with van der Waals surface area (Å²) in [5.41, 5.74) is 0.575. The molecule has 7 aromatic carbocycles. The Morgan fingerprint density at radius 1 is 0.476 bits per heavy atom. The van der Waals surface area contributed by atoms with E-state index >= 15 is 0 Å². The first-order valence-electron chi connectivity index (χ1n) is 20.0. The monoisotopic (exact) mass is 1080 g/mol. The summed E-state index contributed by atoms with van der Waals surface area (Å²) in [7, 11) is -0.892. The molecule has 2 nitrogen and oxygen atoms in total. The second-order valence-electron chi connectivity index (χ2n) is 13.0. The second kappa shape index (κ2) is 32.3. The summed E-state index contributed by atoms with van der Waals surface area (Å²) in [6, 6.07) is 74.2. The number of esters is 1. The van der Waals surface area contributed by atoms with Gasteiger partial charge in [-0.15, -0.1) is 0 Å². The maximum Gasteiger partial charge on any atom is 2.00 e. The Bertz CT molecular complexity index is 1900. The average Bonchev–Trinajstić information content (AvgIpc) is 4.12. The van der Waals surface area contributed by atoms with Gasteiger partial charge in [-0.3, -0.25) is 0 Å². The summed E-state index contributed by atoms with van der Waals surface area (Å²) >= 11 is 0. The van der Waals surface area contributed by atoms with Crippen LogP contribution in [0.3, 0.4) is 0 Å². The number of hydrogen-bond acceptors (Lipinski definition) is 2. The Kier molecular flexibility index (Phi) is 27.2. The molecule has 2 saturated carbocycles. The third kappa shape index (κ3) is 19.1. The first-order valence-corrected chi connectivity index (χ1v) is 22.7. The van der Waals surface area contributed by atoms with E-state index in [-0.39, 0.29) is 44.1 Å². The first-order chi connectivity index (χ1) is 30.2. The molecule has 63 heavy (non-hydrogen) atoms. The van der Waals surface area contributed by atoms with Crippen LogP contribution in [0.15, 0.2) is 206 Å². The Balaban J connectivity index is 0.000000224. The average molecular weight is 1080 g/mol. The number of ether oxygens (including phenoxy) is 1. The third-order valence-corrected chi connectivity index (χ3v) is 13.6. The molecule has 0 saturated heterocycles. The van der Waals surface area contributed by atoms with Gasteiger partial charge in [0.2, 0.25) is 0 Å². The minimum Gasteiger partial charge on any atom is -0.693 e. The molecule has 0 heterocycles. The van der Waals surface area contributed by atoms with Gasteiger partial charge in [0, 0.05) is 5.92 Å².